The number of ketones is 1. The van der Waals surface area contributed by atoms with Gasteiger partial charge < -0.3 is 11.1 Å². The summed E-state index contributed by atoms with van der Waals surface area (Å²) in [6, 6.07) is 7.38. The van der Waals surface area contributed by atoms with E-state index in [-0.39, 0.29) is 26.4 Å². The van der Waals surface area contributed by atoms with E-state index in [1.54, 1.807) is 24.3 Å². The van der Waals surface area contributed by atoms with E-state index in [2.05, 4.69) is 5.73 Å². The van der Waals surface area contributed by atoms with Crippen LogP contribution in [-0.2, 0) is 0 Å². The van der Waals surface area contributed by atoms with Gasteiger partial charge in [0.05, 0.1) is 21.0 Å². The summed E-state index contributed by atoms with van der Waals surface area (Å²) >= 11 is 17.5. The molecule has 1 atom stereocenters. The van der Waals surface area contributed by atoms with Crippen LogP contribution in [0.25, 0.3) is 6.08 Å². The summed E-state index contributed by atoms with van der Waals surface area (Å²) in [6.45, 7) is 0.0425. The minimum atomic E-state index is -4.53. The highest BCUT2D eigenvalue weighted by Gasteiger charge is 2.39. The molecule has 0 saturated heterocycles. The molecule has 0 saturated carbocycles. The Morgan fingerprint density at radius 1 is 1.00 bits per heavy atom. The van der Waals surface area contributed by atoms with Gasteiger partial charge in [0.1, 0.15) is 6.54 Å². The average molecular weight is 550 g/mol. The van der Waals surface area contributed by atoms with Gasteiger partial charge in [0, 0.05) is 5.56 Å². The van der Waals surface area contributed by atoms with E-state index in [9.17, 15) is 35.9 Å². The second-order valence-corrected chi connectivity index (χ2v) is 7.88. The van der Waals surface area contributed by atoms with Crippen LogP contribution in [0.4, 0.5) is 31.1 Å². The molecule has 13 heteroatoms. The molecule has 3 N–H and O–H groups in total. The lowest BCUT2D eigenvalue weighted by Gasteiger charge is -2.18. The number of allylic oxidation sites excluding steroid dienone is 1. The molecule has 0 spiro atoms. The quantitative estimate of drug-likeness (QED) is 0.231. The molecule has 0 fully saturated rings. The molecular weight excluding hydrogens is 533 g/mol. The summed E-state index contributed by atoms with van der Waals surface area (Å²) in [6.07, 6.45) is -6.57. The van der Waals surface area contributed by atoms with E-state index in [1.807, 2.05) is 0 Å². The fourth-order valence-electron chi connectivity index (χ4n) is 2.39. The fourth-order valence-corrected chi connectivity index (χ4v) is 3.00. The van der Waals surface area contributed by atoms with E-state index >= 15 is 0 Å². The second kappa shape index (κ2) is 12.3. The normalized spacial score (nSPS) is 12.6. The van der Waals surface area contributed by atoms with Gasteiger partial charge in [0.25, 0.3) is 0 Å². The lowest BCUT2D eigenvalue weighted by molar-refractivity contribution is -0.139. The number of rotatable bonds is 5. The Morgan fingerprint density at radius 2 is 1.50 bits per heavy atom. The molecule has 0 heterocycles. The molecular formula is C21H17Cl3F6N2O2. The molecule has 1 unspecified atom stereocenters. The largest absolute Gasteiger partial charge is 0.405 e. The summed E-state index contributed by atoms with van der Waals surface area (Å²) in [5.41, 5.74) is 5.26. The molecule has 2 rings (SSSR count). The molecule has 2 aromatic carbocycles. The van der Waals surface area contributed by atoms with Gasteiger partial charge in [-0.1, -0.05) is 71.2 Å². The molecule has 0 radical (unpaired) electrons. The molecule has 0 aromatic heterocycles. The van der Waals surface area contributed by atoms with Crippen molar-refractivity contribution in [2.24, 2.45) is 5.73 Å². The number of Topliss-reactive ketones (excluding diaryl/α,β-unsaturated/α-hetero) is 1. The maximum atomic E-state index is 13.4. The first-order chi connectivity index (χ1) is 15.5. The van der Waals surface area contributed by atoms with Crippen LogP contribution in [0, 0.1) is 0 Å². The van der Waals surface area contributed by atoms with E-state index in [1.165, 1.54) is 18.3 Å². The van der Waals surface area contributed by atoms with Crippen LogP contribution in [0.3, 0.4) is 0 Å². The highest BCUT2D eigenvalue weighted by atomic mass is 35.5. The van der Waals surface area contributed by atoms with Gasteiger partial charge in [-0.2, -0.15) is 26.3 Å². The minimum Gasteiger partial charge on any atom is -0.352 e. The maximum Gasteiger partial charge on any atom is 0.405 e. The number of nitrogens with two attached hydrogens (primary N) is 1. The van der Waals surface area contributed by atoms with Crippen molar-refractivity contribution in [3.63, 3.8) is 0 Å². The lowest BCUT2D eigenvalue weighted by atomic mass is 9.97. The first-order valence-electron chi connectivity index (χ1n) is 9.11. The standard InChI is InChI=1S/C18H12Cl3F3O.C3H5F3N2O/c1-10(25)12-5-2-11(3-6-12)4-7-14(18(22,23)24)13-8-15(19)17(21)16(20)9-13;4-3(5,6)1-8-2(7)9/h2-9,14H,1H3;1H2,(H3,7,8,9)/b7-4+;. The van der Waals surface area contributed by atoms with E-state index < -0.39 is 30.8 Å². The Morgan fingerprint density at radius 3 is 1.85 bits per heavy atom. The predicted octanol–water partition coefficient (Wildman–Crippen LogP) is 7.43. The van der Waals surface area contributed by atoms with E-state index in [0.29, 0.717) is 11.1 Å². The molecule has 0 aliphatic carbocycles. The van der Waals surface area contributed by atoms with Crippen molar-refractivity contribution in [2.45, 2.75) is 25.2 Å². The topological polar surface area (TPSA) is 72.2 Å². The van der Waals surface area contributed by atoms with Crippen molar-refractivity contribution in [1.29, 1.82) is 0 Å². The third-order valence-electron chi connectivity index (χ3n) is 3.98. The summed E-state index contributed by atoms with van der Waals surface area (Å²) in [7, 11) is 0. The molecule has 0 aliphatic rings. The Hall–Kier alpha value is -2.43. The molecule has 2 aromatic rings. The number of halogens is 9. The van der Waals surface area contributed by atoms with Crippen molar-refractivity contribution in [2.75, 3.05) is 6.54 Å². The highest BCUT2D eigenvalue weighted by molar-refractivity contribution is 6.48. The zero-order chi connectivity index (χ0) is 26.3. The van der Waals surface area contributed by atoms with Gasteiger partial charge >= 0.3 is 18.4 Å². The summed E-state index contributed by atoms with van der Waals surface area (Å²) in [5, 5.41) is 1.32. The number of primary amides is 1. The highest BCUT2D eigenvalue weighted by Crippen LogP contribution is 2.41. The van der Waals surface area contributed by atoms with Gasteiger partial charge in [-0.25, -0.2) is 4.79 Å². The Kier molecular flexibility index (Phi) is 10.7. The molecule has 186 valence electrons. The van der Waals surface area contributed by atoms with Crippen molar-refractivity contribution < 1.29 is 35.9 Å². The van der Waals surface area contributed by atoms with Crippen LogP contribution in [0.2, 0.25) is 15.1 Å². The zero-order valence-corrected chi connectivity index (χ0v) is 19.5. The number of amides is 2. The van der Waals surface area contributed by atoms with Crippen LogP contribution in [0.1, 0.15) is 34.3 Å². The van der Waals surface area contributed by atoms with Crippen LogP contribution >= 0.6 is 34.8 Å². The monoisotopic (exact) mass is 548 g/mol. The Balaban J connectivity index is 0.000000546. The number of carbonyl (C=O) groups is 2. The number of alkyl halides is 6. The number of carbonyl (C=O) groups excluding carboxylic acids is 2. The number of hydrogen-bond acceptors (Lipinski definition) is 2. The van der Waals surface area contributed by atoms with E-state index in [0.717, 1.165) is 18.2 Å². The molecule has 0 aliphatic heterocycles. The molecule has 34 heavy (non-hydrogen) atoms. The van der Waals surface area contributed by atoms with Crippen LogP contribution in [-0.4, -0.2) is 30.7 Å². The maximum absolute atomic E-state index is 13.4. The fraction of sp³-hybridized carbons (Fsp3) is 0.238. The zero-order valence-electron chi connectivity index (χ0n) is 17.2. The van der Waals surface area contributed by atoms with Gasteiger partial charge in [-0.3, -0.25) is 4.79 Å². The SMILES string of the molecule is CC(=O)c1ccc(/C=C/C(c2cc(Cl)c(Cl)c(Cl)c2)C(F)(F)F)cc1.NC(=O)NCC(F)(F)F. The Labute approximate surface area is 205 Å². The smallest absolute Gasteiger partial charge is 0.352 e. The van der Waals surface area contributed by atoms with Crippen LogP contribution in [0.5, 0.6) is 0 Å². The van der Waals surface area contributed by atoms with Crippen molar-refractivity contribution in [3.8, 4) is 0 Å². The summed E-state index contributed by atoms with van der Waals surface area (Å²) in [4.78, 5) is 20.9. The third-order valence-corrected chi connectivity index (χ3v) is 5.18. The van der Waals surface area contributed by atoms with Crippen LogP contribution < -0.4 is 11.1 Å². The van der Waals surface area contributed by atoms with Gasteiger partial charge in [0.2, 0.25) is 0 Å². The molecule has 4 nitrogen and oxygen atoms in total. The molecule has 2 amide bonds. The lowest BCUT2D eigenvalue weighted by Crippen LogP contribution is -2.37. The van der Waals surface area contributed by atoms with Crippen LogP contribution in [0.15, 0.2) is 42.5 Å². The molecule has 0 bridgehead atoms. The summed E-state index contributed by atoms with van der Waals surface area (Å²) in [5.74, 6) is -2.01. The number of benzene rings is 2. The number of urea groups is 1. The van der Waals surface area contributed by atoms with Crippen molar-refractivity contribution >= 4 is 52.7 Å². The first kappa shape index (κ1) is 29.6. The van der Waals surface area contributed by atoms with Gasteiger partial charge in [-0.05, 0) is 30.2 Å². The number of nitrogens with one attached hydrogen (secondary N) is 1. The van der Waals surface area contributed by atoms with Crippen molar-refractivity contribution in [1.82, 2.24) is 5.32 Å². The first-order valence-corrected chi connectivity index (χ1v) is 10.2. The van der Waals surface area contributed by atoms with Crippen molar-refractivity contribution in [3.05, 3.63) is 74.2 Å². The average Bonchev–Trinajstić information content (AvgIpc) is 2.70. The number of hydrogen-bond donors (Lipinski definition) is 2. The second-order valence-electron chi connectivity index (χ2n) is 6.69. The van der Waals surface area contributed by atoms with Gasteiger partial charge in [0.15, 0.2) is 5.78 Å². The predicted molar refractivity (Wildman–Crippen MR) is 119 cm³/mol. The minimum absolute atomic E-state index is 0.0109. The third kappa shape index (κ3) is 10.2. The van der Waals surface area contributed by atoms with E-state index in [4.69, 9.17) is 34.8 Å². The Bertz CT molecular complexity index is 1020. The van der Waals surface area contributed by atoms with Gasteiger partial charge in [-0.15, -0.1) is 0 Å². The summed E-state index contributed by atoms with van der Waals surface area (Å²) < 4.78 is 73.7.